The summed E-state index contributed by atoms with van der Waals surface area (Å²) in [4.78, 5) is 1.94. The third-order valence-electron chi connectivity index (χ3n) is 3.02. The van der Waals surface area contributed by atoms with Gasteiger partial charge in [-0.05, 0) is 36.6 Å². The molecule has 1 fully saturated rings. The number of halogens is 1. The summed E-state index contributed by atoms with van der Waals surface area (Å²) < 4.78 is 15.4. The number of aromatic nitrogens is 2. The van der Waals surface area contributed by atoms with Crippen LogP contribution in [0.1, 0.15) is 18.4 Å². The molecule has 1 heterocycles. The molecule has 100 valence electrons. The molecule has 0 saturated heterocycles. The average Bonchev–Trinajstić information content (AvgIpc) is 3.10. The van der Waals surface area contributed by atoms with E-state index in [9.17, 15) is 4.39 Å². The first kappa shape index (κ1) is 12.7. The lowest BCUT2D eigenvalue weighted by molar-refractivity contribution is 0.615. The van der Waals surface area contributed by atoms with Gasteiger partial charge >= 0.3 is 0 Å². The average molecular weight is 277 g/mol. The number of hydrogen-bond acceptors (Lipinski definition) is 3. The maximum absolute atomic E-state index is 13.6. The molecule has 1 aromatic carbocycles. The summed E-state index contributed by atoms with van der Waals surface area (Å²) in [5, 5.41) is 7.52. The lowest BCUT2D eigenvalue weighted by Gasteiger charge is -2.06. The van der Waals surface area contributed by atoms with Gasteiger partial charge in [-0.25, -0.2) is 4.39 Å². The van der Waals surface area contributed by atoms with Gasteiger partial charge < -0.3 is 5.32 Å². The fraction of sp³-hybridized carbons (Fsp3) is 0.357. The fourth-order valence-electron chi connectivity index (χ4n) is 1.92. The molecule has 1 saturated carbocycles. The number of rotatable bonds is 5. The Kier molecular flexibility index (Phi) is 3.57. The van der Waals surface area contributed by atoms with E-state index in [0.717, 1.165) is 21.9 Å². The van der Waals surface area contributed by atoms with E-state index in [1.807, 2.05) is 19.3 Å². The van der Waals surface area contributed by atoms with Crippen molar-refractivity contribution in [3.63, 3.8) is 0 Å². The second-order valence-corrected chi connectivity index (χ2v) is 6.05. The smallest absolute Gasteiger partial charge is 0.124 e. The van der Waals surface area contributed by atoms with Crippen LogP contribution >= 0.6 is 11.8 Å². The number of nitrogens with zero attached hydrogens (tertiary/aromatic N) is 2. The quantitative estimate of drug-likeness (QED) is 0.911. The second kappa shape index (κ2) is 5.35. The summed E-state index contributed by atoms with van der Waals surface area (Å²) in [6.45, 7) is 0.739. The van der Waals surface area contributed by atoms with Crippen LogP contribution in [0, 0.1) is 5.82 Å². The van der Waals surface area contributed by atoms with Crippen LogP contribution in [0.2, 0.25) is 0 Å². The molecule has 1 aromatic heterocycles. The highest BCUT2D eigenvalue weighted by Crippen LogP contribution is 2.29. The van der Waals surface area contributed by atoms with Crippen molar-refractivity contribution in [1.82, 2.24) is 15.1 Å². The van der Waals surface area contributed by atoms with Gasteiger partial charge in [0, 0.05) is 30.7 Å². The maximum atomic E-state index is 13.6. The molecule has 0 radical (unpaired) electrons. The van der Waals surface area contributed by atoms with Crippen molar-refractivity contribution in [2.75, 3.05) is 0 Å². The van der Waals surface area contributed by atoms with Crippen molar-refractivity contribution in [3.05, 3.63) is 42.0 Å². The predicted molar refractivity (Wildman–Crippen MR) is 73.6 cm³/mol. The molecule has 1 aliphatic carbocycles. The highest BCUT2D eigenvalue weighted by Gasteiger charge is 2.20. The van der Waals surface area contributed by atoms with Crippen LogP contribution in [-0.2, 0) is 13.6 Å². The Hall–Kier alpha value is -1.33. The summed E-state index contributed by atoms with van der Waals surface area (Å²) in [5.41, 5.74) is 0.998. The van der Waals surface area contributed by atoms with Crippen molar-refractivity contribution in [2.45, 2.75) is 35.2 Å². The van der Waals surface area contributed by atoms with E-state index >= 15 is 0 Å². The molecule has 0 atom stereocenters. The zero-order valence-electron chi connectivity index (χ0n) is 10.8. The minimum atomic E-state index is -0.179. The fourth-order valence-corrected chi connectivity index (χ4v) is 2.88. The van der Waals surface area contributed by atoms with Gasteiger partial charge in [0.1, 0.15) is 5.82 Å². The monoisotopic (exact) mass is 277 g/mol. The molecule has 3 nitrogen and oxygen atoms in total. The van der Waals surface area contributed by atoms with Crippen LogP contribution in [-0.4, -0.2) is 15.8 Å². The molecular weight excluding hydrogens is 261 g/mol. The van der Waals surface area contributed by atoms with Crippen LogP contribution in [0.3, 0.4) is 0 Å². The zero-order valence-corrected chi connectivity index (χ0v) is 11.6. The Morgan fingerprint density at radius 2 is 2.21 bits per heavy atom. The van der Waals surface area contributed by atoms with Gasteiger partial charge in [-0.3, -0.25) is 4.68 Å². The summed E-state index contributed by atoms with van der Waals surface area (Å²) >= 11 is 1.54. The molecular formula is C14H16FN3S. The summed E-state index contributed by atoms with van der Waals surface area (Å²) in [5.74, 6) is -0.179. The van der Waals surface area contributed by atoms with E-state index in [-0.39, 0.29) is 5.82 Å². The third-order valence-corrected chi connectivity index (χ3v) is 3.94. The van der Waals surface area contributed by atoms with Crippen molar-refractivity contribution in [1.29, 1.82) is 0 Å². The number of nitrogens with one attached hydrogen (secondary N) is 1. The van der Waals surface area contributed by atoms with Gasteiger partial charge in [0.2, 0.25) is 0 Å². The number of benzene rings is 1. The van der Waals surface area contributed by atoms with Crippen LogP contribution in [0.5, 0.6) is 0 Å². The Morgan fingerprint density at radius 1 is 1.37 bits per heavy atom. The molecule has 19 heavy (non-hydrogen) atoms. The molecule has 0 unspecified atom stereocenters. The Morgan fingerprint density at radius 3 is 2.89 bits per heavy atom. The van der Waals surface area contributed by atoms with E-state index in [0.29, 0.717) is 6.04 Å². The summed E-state index contributed by atoms with van der Waals surface area (Å²) in [6, 6.07) is 5.84. The first-order valence-corrected chi connectivity index (χ1v) is 7.20. The molecule has 1 aliphatic rings. The van der Waals surface area contributed by atoms with Gasteiger partial charge in [-0.2, -0.15) is 5.10 Å². The molecule has 5 heteroatoms. The largest absolute Gasteiger partial charge is 0.310 e. The van der Waals surface area contributed by atoms with Crippen LogP contribution in [0.4, 0.5) is 4.39 Å². The number of hydrogen-bond donors (Lipinski definition) is 1. The molecule has 0 bridgehead atoms. The lowest BCUT2D eigenvalue weighted by Crippen LogP contribution is -2.15. The SMILES string of the molecule is Cn1cc(Sc2cc(F)cc(CNC3CC3)c2)cn1. The first-order chi connectivity index (χ1) is 9.19. The van der Waals surface area contributed by atoms with E-state index in [1.54, 1.807) is 23.0 Å². The molecule has 0 aliphatic heterocycles. The molecule has 3 rings (SSSR count). The summed E-state index contributed by atoms with van der Waals surface area (Å²) in [7, 11) is 1.88. The molecule has 2 aromatic rings. The van der Waals surface area contributed by atoms with E-state index in [2.05, 4.69) is 10.4 Å². The van der Waals surface area contributed by atoms with Crippen molar-refractivity contribution >= 4 is 11.8 Å². The van der Waals surface area contributed by atoms with Gasteiger partial charge in [0.25, 0.3) is 0 Å². The zero-order chi connectivity index (χ0) is 13.2. The minimum absolute atomic E-state index is 0.179. The minimum Gasteiger partial charge on any atom is -0.310 e. The maximum Gasteiger partial charge on any atom is 0.124 e. The van der Waals surface area contributed by atoms with Gasteiger partial charge in [-0.1, -0.05) is 11.8 Å². The second-order valence-electron chi connectivity index (χ2n) is 4.90. The van der Waals surface area contributed by atoms with Crippen LogP contribution in [0.15, 0.2) is 40.4 Å². The van der Waals surface area contributed by atoms with Gasteiger partial charge in [0.05, 0.1) is 11.1 Å². The topological polar surface area (TPSA) is 29.9 Å². The Balaban J connectivity index is 1.72. The van der Waals surface area contributed by atoms with E-state index in [1.165, 1.54) is 24.6 Å². The molecule has 0 amide bonds. The van der Waals surface area contributed by atoms with Gasteiger partial charge in [0.15, 0.2) is 0 Å². The van der Waals surface area contributed by atoms with E-state index in [4.69, 9.17) is 0 Å². The Bertz CT molecular complexity index is 578. The van der Waals surface area contributed by atoms with Gasteiger partial charge in [-0.15, -0.1) is 0 Å². The molecule has 1 N–H and O–H groups in total. The standard InChI is InChI=1S/C14H16FN3S/c1-18-9-14(8-17-18)19-13-5-10(4-11(15)6-13)7-16-12-2-3-12/h4-6,8-9,12,16H,2-3,7H2,1H3. The highest BCUT2D eigenvalue weighted by atomic mass is 32.2. The summed E-state index contributed by atoms with van der Waals surface area (Å²) in [6.07, 6.45) is 6.20. The van der Waals surface area contributed by atoms with Crippen molar-refractivity contribution in [2.24, 2.45) is 7.05 Å². The Labute approximate surface area is 116 Å². The normalized spacial score (nSPS) is 14.8. The molecule has 0 spiro atoms. The highest BCUT2D eigenvalue weighted by molar-refractivity contribution is 7.99. The van der Waals surface area contributed by atoms with Crippen molar-refractivity contribution < 1.29 is 4.39 Å². The van der Waals surface area contributed by atoms with Crippen molar-refractivity contribution in [3.8, 4) is 0 Å². The third kappa shape index (κ3) is 3.58. The van der Waals surface area contributed by atoms with Crippen LogP contribution < -0.4 is 5.32 Å². The predicted octanol–water partition coefficient (Wildman–Crippen LogP) is 2.96. The first-order valence-electron chi connectivity index (χ1n) is 6.38. The lowest BCUT2D eigenvalue weighted by atomic mass is 10.2. The van der Waals surface area contributed by atoms with E-state index < -0.39 is 0 Å². The van der Waals surface area contributed by atoms with Crippen LogP contribution in [0.25, 0.3) is 0 Å². The number of aryl methyl sites for hydroxylation is 1.